The van der Waals surface area contributed by atoms with Crippen LogP contribution >= 0.6 is 0 Å². The first kappa shape index (κ1) is 17.7. The van der Waals surface area contributed by atoms with Crippen molar-refractivity contribution >= 4 is 11.8 Å². The Balaban J connectivity index is 1.54. The predicted octanol–water partition coefficient (Wildman–Crippen LogP) is 2.14. The number of hydrogen-bond donors (Lipinski definition) is 1. The number of methoxy groups -OCH3 is 1. The Labute approximate surface area is 147 Å². The molecule has 0 radical (unpaired) electrons. The minimum atomic E-state index is -0.469. The van der Waals surface area contributed by atoms with Crippen LogP contribution < -0.4 is 10.1 Å². The largest absolute Gasteiger partial charge is 0.494 e. The fourth-order valence-electron chi connectivity index (χ4n) is 3.24. The molecule has 0 bridgehead atoms. The Morgan fingerprint density at radius 1 is 1.32 bits per heavy atom. The third kappa shape index (κ3) is 4.71. The summed E-state index contributed by atoms with van der Waals surface area (Å²) in [4.78, 5) is 26.5. The van der Waals surface area contributed by atoms with E-state index in [1.807, 2.05) is 0 Å². The molecule has 25 heavy (non-hydrogen) atoms. The van der Waals surface area contributed by atoms with Crippen LogP contribution in [0, 0.1) is 17.7 Å². The summed E-state index contributed by atoms with van der Waals surface area (Å²) in [6.45, 7) is 1.87. The van der Waals surface area contributed by atoms with Gasteiger partial charge in [-0.25, -0.2) is 4.39 Å². The van der Waals surface area contributed by atoms with Gasteiger partial charge in [0.1, 0.15) is 0 Å². The number of benzene rings is 1. The molecule has 1 N–H and O–H groups in total. The summed E-state index contributed by atoms with van der Waals surface area (Å²) in [6.07, 6.45) is 4.18. The van der Waals surface area contributed by atoms with Gasteiger partial charge < -0.3 is 15.0 Å². The van der Waals surface area contributed by atoms with Gasteiger partial charge in [-0.2, -0.15) is 0 Å². The van der Waals surface area contributed by atoms with Gasteiger partial charge in [0, 0.05) is 19.6 Å². The number of amides is 2. The molecule has 2 fully saturated rings. The molecule has 1 aliphatic carbocycles. The van der Waals surface area contributed by atoms with E-state index in [1.165, 1.54) is 32.1 Å². The van der Waals surface area contributed by atoms with Gasteiger partial charge in [-0.1, -0.05) is 6.07 Å². The maximum absolute atomic E-state index is 13.8. The zero-order valence-corrected chi connectivity index (χ0v) is 14.6. The zero-order chi connectivity index (χ0) is 17.8. The third-order valence-corrected chi connectivity index (χ3v) is 4.98. The monoisotopic (exact) mass is 348 g/mol. The third-order valence-electron chi connectivity index (χ3n) is 4.98. The highest BCUT2D eigenvalue weighted by Gasteiger charge is 2.29. The van der Waals surface area contributed by atoms with Crippen molar-refractivity contribution in [2.24, 2.45) is 11.8 Å². The number of ether oxygens (including phenoxy) is 1. The zero-order valence-electron chi connectivity index (χ0n) is 14.6. The lowest BCUT2D eigenvalue weighted by Crippen LogP contribution is -2.46. The summed E-state index contributed by atoms with van der Waals surface area (Å²) < 4.78 is 18.7. The lowest BCUT2D eigenvalue weighted by molar-refractivity contribution is -0.135. The molecule has 2 aliphatic rings. The Kier molecular flexibility index (Phi) is 5.56. The molecule has 1 atom stereocenters. The molecule has 1 aromatic rings. The fourth-order valence-corrected chi connectivity index (χ4v) is 3.24. The molecule has 2 amide bonds. The second-order valence-electron chi connectivity index (χ2n) is 7.01. The van der Waals surface area contributed by atoms with Gasteiger partial charge in [-0.3, -0.25) is 9.59 Å². The number of rotatable bonds is 6. The van der Waals surface area contributed by atoms with Crippen LogP contribution in [0.2, 0.25) is 0 Å². The van der Waals surface area contributed by atoms with Crippen LogP contribution in [-0.4, -0.2) is 43.5 Å². The van der Waals surface area contributed by atoms with E-state index in [9.17, 15) is 14.0 Å². The minimum absolute atomic E-state index is 0.0555. The van der Waals surface area contributed by atoms with Crippen molar-refractivity contribution in [2.75, 3.05) is 26.7 Å². The highest BCUT2D eigenvalue weighted by molar-refractivity contribution is 5.82. The molecule has 1 aliphatic heterocycles. The molecule has 1 heterocycles. The number of piperidine rings is 1. The maximum Gasteiger partial charge on any atom is 0.227 e. The van der Waals surface area contributed by atoms with Crippen LogP contribution in [-0.2, 0) is 16.0 Å². The van der Waals surface area contributed by atoms with Crippen molar-refractivity contribution in [3.8, 4) is 5.75 Å². The SMILES string of the molecule is COc1ccc(CC(=O)N2CCCC(C(=O)NCC3CC3)C2)cc1F. The van der Waals surface area contributed by atoms with Crippen molar-refractivity contribution in [3.63, 3.8) is 0 Å². The average Bonchev–Trinajstić information content (AvgIpc) is 3.44. The fraction of sp³-hybridized carbons (Fsp3) is 0.579. The van der Waals surface area contributed by atoms with E-state index < -0.39 is 5.82 Å². The van der Waals surface area contributed by atoms with Crippen molar-refractivity contribution < 1.29 is 18.7 Å². The van der Waals surface area contributed by atoms with Crippen LogP contribution in [0.25, 0.3) is 0 Å². The van der Waals surface area contributed by atoms with Gasteiger partial charge in [0.2, 0.25) is 11.8 Å². The molecular formula is C19H25FN2O3. The summed E-state index contributed by atoms with van der Waals surface area (Å²) in [5.74, 6) is 0.203. The Morgan fingerprint density at radius 2 is 2.12 bits per heavy atom. The summed E-state index contributed by atoms with van der Waals surface area (Å²) in [5, 5.41) is 3.00. The van der Waals surface area contributed by atoms with Crippen molar-refractivity contribution in [1.29, 1.82) is 0 Å². The molecule has 1 saturated carbocycles. The second kappa shape index (κ2) is 7.85. The molecule has 0 spiro atoms. The molecule has 1 aromatic carbocycles. The van der Waals surface area contributed by atoms with E-state index in [4.69, 9.17) is 4.74 Å². The quantitative estimate of drug-likeness (QED) is 0.857. The van der Waals surface area contributed by atoms with E-state index in [0.29, 0.717) is 24.6 Å². The Bertz CT molecular complexity index is 646. The maximum atomic E-state index is 13.8. The van der Waals surface area contributed by atoms with Crippen LogP contribution in [0.5, 0.6) is 5.75 Å². The number of hydrogen-bond acceptors (Lipinski definition) is 3. The van der Waals surface area contributed by atoms with Crippen LogP contribution in [0.3, 0.4) is 0 Å². The second-order valence-corrected chi connectivity index (χ2v) is 7.01. The van der Waals surface area contributed by atoms with Gasteiger partial charge in [0.05, 0.1) is 19.4 Å². The summed E-state index contributed by atoms with van der Waals surface area (Å²) in [5.41, 5.74) is 0.614. The van der Waals surface area contributed by atoms with E-state index >= 15 is 0 Å². The van der Waals surface area contributed by atoms with Crippen molar-refractivity contribution in [3.05, 3.63) is 29.6 Å². The van der Waals surface area contributed by atoms with Gasteiger partial charge in [0.25, 0.3) is 0 Å². The molecule has 0 aromatic heterocycles. The summed E-state index contributed by atoms with van der Waals surface area (Å²) in [7, 11) is 1.41. The smallest absolute Gasteiger partial charge is 0.227 e. The van der Waals surface area contributed by atoms with E-state index in [1.54, 1.807) is 11.0 Å². The van der Waals surface area contributed by atoms with E-state index in [2.05, 4.69) is 5.32 Å². The first-order chi connectivity index (χ1) is 12.1. The number of nitrogens with one attached hydrogen (secondary N) is 1. The lowest BCUT2D eigenvalue weighted by Gasteiger charge is -2.32. The van der Waals surface area contributed by atoms with Gasteiger partial charge in [0.15, 0.2) is 11.6 Å². The topological polar surface area (TPSA) is 58.6 Å². The molecule has 6 heteroatoms. The summed E-state index contributed by atoms with van der Waals surface area (Å²) >= 11 is 0. The number of likely N-dealkylation sites (tertiary alicyclic amines) is 1. The predicted molar refractivity (Wildman–Crippen MR) is 91.7 cm³/mol. The average molecular weight is 348 g/mol. The normalized spacial score (nSPS) is 20.2. The highest BCUT2D eigenvalue weighted by atomic mass is 19.1. The molecule has 3 rings (SSSR count). The molecule has 136 valence electrons. The Morgan fingerprint density at radius 3 is 2.80 bits per heavy atom. The number of nitrogens with zero attached hydrogens (tertiary/aromatic N) is 1. The summed E-state index contributed by atoms with van der Waals surface area (Å²) in [6, 6.07) is 4.56. The molecular weight excluding hydrogens is 323 g/mol. The lowest BCUT2D eigenvalue weighted by atomic mass is 9.96. The molecule has 1 unspecified atom stereocenters. The van der Waals surface area contributed by atoms with Gasteiger partial charge >= 0.3 is 0 Å². The van der Waals surface area contributed by atoms with E-state index in [0.717, 1.165) is 19.4 Å². The number of carbonyl (C=O) groups is 2. The molecule has 5 nitrogen and oxygen atoms in total. The van der Waals surface area contributed by atoms with Crippen molar-refractivity contribution in [1.82, 2.24) is 10.2 Å². The van der Waals surface area contributed by atoms with Crippen LogP contribution in [0.1, 0.15) is 31.2 Å². The van der Waals surface area contributed by atoms with Gasteiger partial charge in [-0.15, -0.1) is 0 Å². The standard InChI is InChI=1S/C19H25FN2O3/c1-25-17-7-6-14(9-16(17)20)10-18(23)22-8-2-3-15(12-22)19(24)21-11-13-4-5-13/h6-7,9,13,15H,2-5,8,10-12H2,1H3,(H,21,24). The first-order valence-corrected chi connectivity index (χ1v) is 8.94. The van der Waals surface area contributed by atoms with E-state index in [-0.39, 0.29) is 29.9 Å². The first-order valence-electron chi connectivity index (χ1n) is 8.94. The van der Waals surface area contributed by atoms with Crippen LogP contribution in [0.4, 0.5) is 4.39 Å². The van der Waals surface area contributed by atoms with Crippen molar-refractivity contribution in [2.45, 2.75) is 32.1 Å². The van der Waals surface area contributed by atoms with Crippen LogP contribution in [0.15, 0.2) is 18.2 Å². The number of carbonyl (C=O) groups excluding carboxylic acids is 2. The Hall–Kier alpha value is -2.11. The minimum Gasteiger partial charge on any atom is -0.494 e. The molecule has 1 saturated heterocycles. The highest BCUT2D eigenvalue weighted by Crippen LogP contribution is 2.28. The van der Waals surface area contributed by atoms with Gasteiger partial charge in [-0.05, 0) is 49.3 Å². The number of halogens is 1.